The van der Waals surface area contributed by atoms with Crippen molar-refractivity contribution in [3.8, 4) is 0 Å². The average Bonchev–Trinajstić information content (AvgIpc) is 2.88. The highest BCUT2D eigenvalue weighted by atomic mass is 30.5. The normalized spacial score (nSPS) is 17.5. The van der Waals surface area contributed by atoms with E-state index in [0.29, 0.717) is 0 Å². The molecule has 0 N–H and O–H groups in total. The largest absolute Gasteiger partial charge is 0.0754 e. The third kappa shape index (κ3) is 7.62. The van der Waals surface area contributed by atoms with Crippen molar-refractivity contribution in [2.45, 2.75) is 249 Å². The minimum absolute atomic E-state index is 1.49. The van der Waals surface area contributed by atoms with E-state index in [2.05, 4.69) is 249 Å². The van der Waals surface area contributed by atoms with E-state index in [1.165, 1.54) is 0 Å². The maximum absolute atomic E-state index is 3.55. The summed E-state index contributed by atoms with van der Waals surface area (Å²) >= 11 is 0. The van der Waals surface area contributed by atoms with Crippen LogP contribution in [0.1, 0.15) is 0 Å². The molecule has 0 spiro atoms. The van der Waals surface area contributed by atoms with Gasteiger partial charge in [-0.05, 0) is 0 Å². The molecule has 0 saturated heterocycles. The van der Waals surface area contributed by atoms with Crippen LogP contribution in [0.2, 0.25) is 249 Å². The Morgan fingerprint density at radius 2 is 0.179 bits per heavy atom. The van der Waals surface area contributed by atoms with Crippen molar-refractivity contribution in [1.29, 1.82) is 0 Å². The molecule has 0 nitrogen and oxygen atoms in total. The Hall–Kier alpha value is 3.90. The molecule has 0 aromatic heterocycles. The van der Waals surface area contributed by atoms with Gasteiger partial charge in [0.05, 0.1) is 0 Å². The molecule has 0 amide bonds. The first-order valence-corrected chi connectivity index (χ1v) is 95.2. The van der Waals surface area contributed by atoms with Crippen molar-refractivity contribution in [2.75, 3.05) is 0 Å². The van der Waals surface area contributed by atoms with Crippen LogP contribution in [0.15, 0.2) is 0 Å². The summed E-state index contributed by atoms with van der Waals surface area (Å²) in [5, 5.41) is 0. The molecule has 0 aliphatic rings. The Morgan fingerprint density at radius 3 is 0.232 bits per heavy atom. The SMILES string of the molecule is C[Si](C)(C)[Si](C)([Si](C)(C)C)[Si](C)(C)[Si](C)([Si](C)(C)[Si](C)([Si](C)(C)C)[Si](C)(C)C)[Si](C)([Si](C)(C)[Si](C)([Si](C)(C)C)[Si](C)(C)C)[Si](C)(C)[Si](C)([Si](C)(C)C)[Si](C)(C)C. The van der Waals surface area contributed by atoms with Crippen molar-refractivity contribution in [1.82, 2.24) is 0 Å². The summed E-state index contributed by atoms with van der Waals surface area (Å²) in [6.07, 6.45) is 0. The van der Waals surface area contributed by atoms with E-state index in [1.54, 1.807) is 0 Å². The average molecular weight is 1080 g/mol. The van der Waals surface area contributed by atoms with Gasteiger partial charge in [0, 0.05) is 129 Å². The Bertz CT molecular complexity index is 1140. The lowest BCUT2D eigenvalue weighted by molar-refractivity contribution is 1.71. The highest BCUT2D eigenvalue weighted by Crippen LogP contribution is 2.59. The van der Waals surface area contributed by atoms with Crippen molar-refractivity contribution in [2.24, 2.45) is 0 Å². The van der Waals surface area contributed by atoms with E-state index in [1.807, 2.05) is 0 Å². The lowest BCUT2D eigenvalue weighted by Crippen LogP contribution is -3.11. The first-order chi connectivity index (χ1) is 23.2. The Kier molecular flexibility index (Phi) is 16.9. The third-order valence-corrected chi connectivity index (χ3v) is 504. The maximum atomic E-state index is 3.55. The lowest BCUT2D eigenvalue weighted by atomic mass is 11.8. The van der Waals surface area contributed by atoms with Crippen molar-refractivity contribution >= 4 is 129 Å². The van der Waals surface area contributed by atoms with Crippen molar-refractivity contribution in [3.05, 3.63) is 0 Å². The molecule has 0 aliphatic carbocycles. The molecule has 0 bridgehead atoms. The van der Waals surface area contributed by atoms with Gasteiger partial charge >= 0.3 is 0 Å². The van der Waals surface area contributed by atoms with Gasteiger partial charge in [-0.3, -0.25) is 0 Å². The van der Waals surface area contributed by atoms with Crippen LogP contribution in [-0.4, -0.2) is 129 Å². The predicted molar refractivity (Wildman–Crippen MR) is 326 cm³/mol. The second-order valence-corrected chi connectivity index (χ2v) is 247. The second kappa shape index (κ2) is 15.8. The minimum atomic E-state index is -2.01. The fourth-order valence-corrected chi connectivity index (χ4v) is 893. The van der Waals surface area contributed by atoms with E-state index < -0.39 is 129 Å². The van der Waals surface area contributed by atoms with Gasteiger partial charge in [-0.15, -0.1) is 0 Å². The summed E-state index contributed by atoms with van der Waals surface area (Å²) < 4.78 is 0. The van der Waals surface area contributed by atoms with E-state index in [-0.39, 0.29) is 0 Å². The molecule has 0 aromatic rings. The number of hydrogen-bond acceptors (Lipinski definition) is 0. The molecule has 0 saturated carbocycles. The first-order valence-electron chi connectivity index (χ1n) is 23.2. The summed E-state index contributed by atoms with van der Waals surface area (Å²) in [5.41, 5.74) is 0. The second-order valence-electron chi connectivity index (χ2n) is 31.2. The summed E-state index contributed by atoms with van der Waals surface area (Å²) in [5.74, 6) is 0. The fraction of sp³-hybridized carbons (Fsp3) is 1.00. The van der Waals surface area contributed by atoms with Crippen LogP contribution in [0.4, 0.5) is 0 Å². The molecule has 0 radical (unpaired) electrons. The molecule has 18 heteroatoms. The van der Waals surface area contributed by atoms with Gasteiger partial charge in [-0.25, -0.2) is 0 Å². The van der Waals surface area contributed by atoms with Crippen LogP contribution in [0.3, 0.4) is 0 Å². The molecule has 0 aromatic carbocycles. The van der Waals surface area contributed by atoms with E-state index in [4.69, 9.17) is 0 Å². The molecule has 0 aliphatic heterocycles. The van der Waals surface area contributed by atoms with Gasteiger partial charge in [0.15, 0.2) is 0 Å². The quantitative estimate of drug-likeness (QED) is 0.127. The molecule has 338 valence electrons. The van der Waals surface area contributed by atoms with Gasteiger partial charge < -0.3 is 0 Å². The van der Waals surface area contributed by atoms with Crippen LogP contribution in [-0.2, 0) is 0 Å². The van der Waals surface area contributed by atoms with Crippen LogP contribution in [0, 0.1) is 0 Å². The zero-order chi connectivity index (χ0) is 47.0. The van der Waals surface area contributed by atoms with Gasteiger partial charge in [0.1, 0.15) is 0 Å². The van der Waals surface area contributed by atoms with Gasteiger partial charge in [0.25, 0.3) is 0 Å². The van der Waals surface area contributed by atoms with Crippen LogP contribution < -0.4 is 0 Å². The zero-order valence-electron chi connectivity index (χ0n) is 47.0. The predicted octanol–water partition coefficient (Wildman–Crippen LogP) is 15.3. The molecule has 0 unspecified atom stereocenters. The molecule has 0 rings (SSSR count). The van der Waals surface area contributed by atoms with E-state index >= 15 is 0 Å². The van der Waals surface area contributed by atoms with E-state index in [0.717, 1.165) is 0 Å². The first kappa shape index (κ1) is 59.9. The molecule has 56 heavy (non-hydrogen) atoms. The van der Waals surface area contributed by atoms with Crippen LogP contribution >= 0.6 is 0 Å². The van der Waals surface area contributed by atoms with Gasteiger partial charge in [-0.2, -0.15) is 0 Å². The smallest absolute Gasteiger partial charge is 0.0331 e. The van der Waals surface area contributed by atoms with Crippen molar-refractivity contribution < 1.29 is 0 Å². The summed E-state index contributed by atoms with van der Waals surface area (Å²) in [6, 6.07) is 0. The summed E-state index contributed by atoms with van der Waals surface area (Å²) in [6.45, 7) is 108. The van der Waals surface area contributed by atoms with E-state index in [9.17, 15) is 0 Å². The van der Waals surface area contributed by atoms with Gasteiger partial charge in [0.2, 0.25) is 0 Å². The Morgan fingerprint density at radius 1 is 0.107 bits per heavy atom. The Balaban J connectivity index is 11.0. The minimum Gasteiger partial charge on any atom is -0.0754 e. The number of hydrogen-bond donors (Lipinski definition) is 0. The molecular formula is C38H114Si18. The topological polar surface area (TPSA) is 0 Å². The Labute approximate surface area is 374 Å². The lowest BCUT2D eigenvalue weighted by Gasteiger charge is -2.81. The third-order valence-electron chi connectivity index (χ3n) is 23.0. The standard InChI is InChI=1S/C38H114Si18/c1-39(2,3)51(33,40(4,5)6)47(25,26)55(37,48(27,28)52(34,41(7,8)9)42(10,11)12)56(38,49(29,30)53(35,43(13,14)15)44(16,17)18)50(31,32)54(36,45(19,20)21)46(22,23)24/h1-38H3. The molecule has 0 atom stereocenters. The zero-order valence-corrected chi connectivity index (χ0v) is 65.0. The van der Waals surface area contributed by atoms with Gasteiger partial charge in [-0.1, -0.05) is 249 Å². The van der Waals surface area contributed by atoms with Crippen molar-refractivity contribution in [3.63, 3.8) is 0 Å². The summed E-state index contributed by atoms with van der Waals surface area (Å²) in [7, 11) is -19.3. The molecule has 0 fully saturated rings. The fourth-order valence-electron chi connectivity index (χ4n) is 18.1. The highest BCUT2D eigenvalue weighted by Gasteiger charge is 2.86. The summed E-state index contributed by atoms with van der Waals surface area (Å²) in [4.78, 5) is 0. The molecule has 0 heterocycles. The maximum Gasteiger partial charge on any atom is 0.0331 e. The monoisotopic (exact) mass is 1070 g/mol. The number of rotatable bonds is 17. The van der Waals surface area contributed by atoms with Crippen LogP contribution in [0.5, 0.6) is 0 Å². The molecular weight excluding hydrogens is 962 g/mol. The highest BCUT2D eigenvalue weighted by molar-refractivity contribution is 8.32. The van der Waals surface area contributed by atoms with Crippen LogP contribution in [0.25, 0.3) is 0 Å².